The quantitative estimate of drug-likeness (QED) is 0.156. The number of aromatic nitrogens is 1. The van der Waals surface area contributed by atoms with Gasteiger partial charge in [0.2, 0.25) is 11.8 Å². The largest absolute Gasteiger partial charge is 0.490 e. The number of anilines is 1. The molecule has 2 aromatic carbocycles. The van der Waals surface area contributed by atoms with Crippen molar-refractivity contribution >= 4 is 29.6 Å². The first-order valence-electron chi connectivity index (χ1n) is 13.4. The maximum atomic E-state index is 13.0. The third kappa shape index (κ3) is 12.5. The van der Waals surface area contributed by atoms with Crippen LogP contribution < -0.4 is 16.0 Å². The standard InChI is InChI=1S/C28H32N4O5.C2HF3O2/c1-19(33)27(32-25(34)11-7-17-30-24-10-5-6-16-29-24)28(37)31-23(18-26(35)36)22-14-12-21(13-15-22)20-8-3-2-4-9-20;3-2(4,5)1(6)7/h2-6,8-10,12-16,19,23,27,33H,7,11,17-18H2,1H3,(H,29,30)(H,31,37)(H,32,34)(H,35,36);(H,6,7)/t19?,23?,27-;/m1./s1. The number of amides is 2. The number of aliphatic hydroxyl groups excluding tert-OH is 1. The van der Waals surface area contributed by atoms with Crippen LogP contribution in [0.25, 0.3) is 11.1 Å². The molecule has 0 aliphatic carbocycles. The summed E-state index contributed by atoms with van der Waals surface area (Å²) >= 11 is 0. The summed E-state index contributed by atoms with van der Waals surface area (Å²) in [5.41, 5.74) is 2.57. The van der Waals surface area contributed by atoms with Crippen LogP contribution in [0.1, 0.15) is 37.8 Å². The topological polar surface area (TPSA) is 178 Å². The third-order valence-corrected chi connectivity index (χ3v) is 5.99. The number of alkyl halides is 3. The Balaban J connectivity index is 0.000000860. The minimum Gasteiger partial charge on any atom is -0.481 e. The first kappa shape index (κ1) is 35.2. The van der Waals surface area contributed by atoms with E-state index in [4.69, 9.17) is 9.90 Å². The lowest BCUT2D eigenvalue weighted by Gasteiger charge is -2.25. The van der Waals surface area contributed by atoms with E-state index in [1.54, 1.807) is 24.4 Å². The van der Waals surface area contributed by atoms with Gasteiger partial charge in [0.25, 0.3) is 0 Å². The first-order valence-corrected chi connectivity index (χ1v) is 13.4. The molecule has 0 radical (unpaired) electrons. The number of halogens is 3. The highest BCUT2D eigenvalue weighted by molar-refractivity contribution is 5.88. The maximum Gasteiger partial charge on any atom is 0.490 e. The first-order chi connectivity index (χ1) is 20.8. The zero-order chi connectivity index (χ0) is 32.7. The molecule has 0 bridgehead atoms. The van der Waals surface area contributed by atoms with Gasteiger partial charge in [0.1, 0.15) is 11.9 Å². The average molecular weight is 619 g/mol. The van der Waals surface area contributed by atoms with Gasteiger partial charge < -0.3 is 31.3 Å². The SMILES string of the molecule is CC(O)[C@@H](NC(=O)CCCNc1ccccn1)C(=O)NC(CC(=O)O)c1ccc(-c2ccccc2)cc1.O=C(O)C(F)(F)F. The Kier molecular flexibility index (Phi) is 13.8. The van der Waals surface area contributed by atoms with Gasteiger partial charge in [-0.15, -0.1) is 0 Å². The number of benzene rings is 2. The second-order valence-corrected chi connectivity index (χ2v) is 9.48. The average Bonchev–Trinajstić information content (AvgIpc) is 2.98. The smallest absolute Gasteiger partial charge is 0.481 e. The summed E-state index contributed by atoms with van der Waals surface area (Å²) in [5.74, 6) is -4.20. The van der Waals surface area contributed by atoms with Gasteiger partial charge in [-0.1, -0.05) is 60.7 Å². The number of nitrogens with one attached hydrogen (secondary N) is 3. The van der Waals surface area contributed by atoms with Gasteiger partial charge in [-0.05, 0) is 42.2 Å². The van der Waals surface area contributed by atoms with Crippen molar-refractivity contribution < 1.29 is 47.7 Å². The van der Waals surface area contributed by atoms with Crippen molar-refractivity contribution in [2.75, 3.05) is 11.9 Å². The van der Waals surface area contributed by atoms with Gasteiger partial charge in [0, 0.05) is 19.2 Å². The van der Waals surface area contributed by atoms with Crippen molar-refractivity contribution in [2.45, 2.75) is 50.6 Å². The van der Waals surface area contributed by atoms with Crippen LogP contribution in [0.5, 0.6) is 0 Å². The van der Waals surface area contributed by atoms with Crippen molar-refractivity contribution in [1.82, 2.24) is 15.6 Å². The molecule has 0 fully saturated rings. The van der Waals surface area contributed by atoms with E-state index in [-0.39, 0.29) is 12.8 Å². The summed E-state index contributed by atoms with van der Waals surface area (Å²) in [6.45, 7) is 1.91. The molecule has 6 N–H and O–H groups in total. The van der Waals surface area contributed by atoms with Crippen LogP contribution in [0.4, 0.5) is 19.0 Å². The number of aliphatic hydroxyl groups is 1. The fraction of sp³-hybridized carbons (Fsp3) is 0.300. The molecular weight excluding hydrogens is 585 g/mol. The van der Waals surface area contributed by atoms with E-state index in [0.717, 1.165) is 11.1 Å². The van der Waals surface area contributed by atoms with Crippen LogP contribution in [0.3, 0.4) is 0 Å². The highest BCUT2D eigenvalue weighted by Crippen LogP contribution is 2.24. The molecule has 11 nitrogen and oxygen atoms in total. The van der Waals surface area contributed by atoms with Crippen molar-refractivity contribution in [2.24, 2.45) is 0 Å². The normalized spacial score (nSPS) is 12.8. The van der Waals surface area contributed by atoms with E-state index >= 15 is 0 Å². The van der Waals surface area contributed by atoms with Crippen molar-refractivity contribution in [1.29, 1.82) is 0 Å². The van der Waals surface area contributed by atoms with Crippen molar-refractivity contribution in [3.05, 3.63) is 84.6 Å². The van der Waals surface area contributed by atoms with Crippen LogP contribution in [-0.2, 0) is 19.2 Å². The van der Waals surface area contributed by atoms with E-state index < -0.39 is 48.1 Å². The van der Waals surface area contributed by atoms with Crippen molar-refractivity contribution in [3.63, 3.8) is 0 Å². The van der Waals surface area contributed by atoms with Gasteiger partial charge in [-0.25, -0.2) is 9.78 Å². The van der Waals surface area contributed by atoms with Crippen molar-refractivity contribution in [3.8, 4) is 11.1 Å². The summed E-state index contributed by atoms with van der Waals surface area (Å²) < 4.78 is 31.7. The van der Waals surface area contributed by atoms with E-state index in [9.17, 15) is 37.8 Å². The number of aliphatic carboxylic acids is 2. The highest BCUT2D eigenvalue weighted by atomic mass is 19.4. The van der Waals surface area contributed by atoms with E-state index in [0.29, 0.717) is 24.3 Å². The summed E-state index contributed by atoms with van der Waals surface area (Å²) in [7, 11) is 0. The number of carboxylic acids is 2. The Morgan fingerprint density at radius 2 is 1.45 bits per heavy atom. The summed E-state index contributed by atoms with van der Waals surface area (Å²) in [4.78, 5) is 50.0. The molecular formula is C30H33F3N4O7. The summed E-state index contributed by atoms with van der Waals surface area (Å²) in [5, 5.41) is 35.0. The number of hydrogen-bond donors (Lipinski definition) is 6. The Bertz CT molecular complexity index is 1360. The Labute approximate surface area is 251 Å². The molecule has 3 aromatic rings. The Morgan fingerprint density at radius 1 is 0.864 bits per heavy atom. The van der Waals surface area contributed by atoms with E-state index in [1.165, 1.54) is 6.92 Å². The zero-order valence-corrected chi connectivity index (χ0v) is 23.6. The predicted octanol–water partition coefficient (Wildman–Crippen LogP) is 3.77. The van der Waals surface area contributed by atoms with Crippen LogP contribution >= 0.6 is 0 Å². The summed E-state index contributed by atoms with van der Waals surface area (Å²) in [6.07, 6.45) is -4.32. The Hall–Kier alpha value is -4.98. The third-order valence-electron chi connectivity index (χ3n) is 5.99. The van der Waals surface area contributed by atoms with Crippen LogP contribution in [0.15, 0.2) is 79.0 Å². The lowest BCUT2D eigenvalue weighted by molar-refractivity contribution is -0.192. The number of rotatable bonds is 13. The molecule has 0 aliphatic heterocycles. The number of carbonyl (C=O) groups excluding carboxylic acids is 2. The Morgan fingerprint density at radius 3 is 1.98 bits per heavy atom. The molecule has 1 aromatic heterocycles. The molecule has 14 heteroatoms. The van der Waals surface area contributed by atoms with Gasteiger partial charge in [-0.2, -0.15) is 13.2 Å². The zero-order valence-electron chi connectivity index (χ0n) is 23.6. The molecule has 0 aliphatic rings. The molecule has 3 atom stereocenters. The fourth-order valence-corrected chi connectivity index (χ4v) is 3.81. The molecule has 1 heterocycles. The second kappa shape index (κ2) is 17.2. The van der Waals surface area contributed by atoms with E-state index in [2.05, 4.69) is 20.9 Å². The molecule has 3 rings (SSSR count). The van der Waals surface area contributed by atoms with Crippen LogP contribution in [0, 0.1) is 0 Å². The van der Waals surface area contributed by atoms with Crippen LogP contribution in [-0.4, -0.2) is 68.9 Å². The second-order valence-electron chi connectivity index (χ2n) is 9.48. The van der Waals surface area contributed by atoms with E-state index in [1.807, 2.05) is 54.6 Å². The summed E-state index contributed by atoms with van der Waals surface area (Å²) in [6, 6.07) is 20.4. The predicted molar refractivity (Wildman–Crippen MR) is 154 cm³/mol. The van der Waals surface area contributed by atoms with Gasteiger partial charge in [0.15, 0.2) is 0 Å². The van der Waals surface area contributed by atoms with Gasteiger partial charge in [0.05, 0.1) is 18.6 Å². The van der Waals surface area contributed by atoms with Gasteiger partial charge >= 0.3 is 18.1 Å². The van der Waals surface area contributed by atoms with Crippen LogP contribution in [0.2, 0.25) is 0 Å². The molecule has 236 valence electrons. The molecule has 44 heavy (non-hydrogen) atoms. The minimum atomic E-state index is -5.08. The lowest BCUT2D eigenvalue weighted by atomic mass is 9.98. The monoisotopic (exact) mass is 618 g/mol. The molecule has 0 spiro atoms. The minimum absolute atomic E-state index is 0.135. The highest BCUT2D eigenvalue weighted by Gasteiger charge is 2.38. The number of hydrogen-bond acceptors (Lipinski definition) is 7. The molecule has 0 saturated heterocycles. The van der Waals surface area contributed by atoms with Gasteiger partial charge in [-0.3, -0.25) is 14.4 Å². The number of nitrogens with zero attached hydrogens (tertiary/aromatic N) is 1. The molecule has 2 unspecified atom stereocenters. The fourth-order valence-electron chi connectivity index (χ4n) is 3.81. The lowest BCUT2D eigenvalue weighted by Crippen LogP contribution is -2.53. The maximum absolute atomic E-state index is 13.0. The number of carboxylic acid groups (broad SMARTS) is 2. The molecule has 0 saturated carbocycles. The number of pyridine rings is 1. The number of carbonyl (C=O) groups is 4. The molecule has 2 amide bonds.